The lowest BCUT2D eigenvalue weighted by molar-refractivity contribution is 0.168. The van der Waals surface area contributed by atoms with Crippen molar-refractivity contribution in [3.8, 4) is 5.75 Å². The zero-order valence-electron chi connectivity index (χ0n) is 12.3. The Morgan fingerprint density at radius 3 is 2.42 bits per heavy atom. The van der Waals surface area contributed by atoms with Crippen molar-refractivity contribution in [2.75, 3.05) is 20.7 Å². The van der Waals surface area contributed by atoms with Crippen LogP contribution >= 0.6 is 0 Å². The molecule has 0 amide bonds. The van der Waals surface area contributed by atoms with E-state index in [0.29, 0.717) is 12.1 Å². The van der Waals surface area contributed by atoms with Crippen LogP contribution in [0, 0.1) is 5.92 Å². The van der Waals surface area contributed by atoms with Crippen molar-refractivity contribution in [2.24, 2.45) is 11.7 Å². The summed E-state index contributed by atoms with van der Waals surface area (Å²) in [6.07, 6.45) is 3.76. The third-order valence-corrected chi connectivity index (χ3v) is 4.32. The lowest BCUT2D eigenvalue weighted by atomic mass is 10.0. The highest BCUT2D eigenvalue weighted by Gasteiger charge is 2.34. The fourth-order valence-corrected chi connectivity index (χ4v) is 2.75. The molecule has 0 radical (unpaired) electrons. The van der Waals surface area contributed by atoms with Gasteiger partial charge in [-0.3, -0.25) is 4.90 Å². The van der Waals surface area contributed by atoms with Crippen LogP contribution < -0.4 is 10.5 Å². The Balaban J connectivity index is 1.92. The Labute approximate surface area is 116 Å². The summed E-state index contributed by atoms with van der Waals surface area (Å²) in [7, 11) is 3.91. The summed E-state index contributed by atoms with van der Waals surface area (Å²) in [6, 6.07) is 9.43. The van der Waals surface area contributed by atoms with Crippen LogP contribution in [0.4, 0.5) is 0 Å². The first-order valence-electron chi connectivity index (χ1n) is 7.20. The second-order valence-electron chi connectivity index (χ2n) is 5.71. The molecule has 1 aromatic carbocycles. The Kier molecular flexibility index (Phi) is 4.83. The van der Waals surface area contributed by atoms with Crippen LogP contribution in [0.1, 0.15) is 25.3 Å². The predicted molar refractivity (Wildman–Crippen MR) is 79.5 cm³/mol. The van der Waals surface area contributed by atoms with E-state index in [1.807, 2.05) is 12.1 Å². The summed E-state index contributed by atoms with van der Waals surface area (Å²) in [5.41, 5.74) is 7.28. The largest absolute Gasteiger partial charge is 0.497 e. The van der Waals surface area contributed by atoms with Crippen molar-refractivity contribution in [3.63, 3.8) is 0 Å². The van der Waals surface area contributed by atoms with Crippen LogP contribution in [0.15, 0.2) is 24.3 Å². The van der Waals surface area contributed by atoms with E-state index in [-0.39, 0.29) is 0 Å². The highest BCUT2D eigenvalue weighted by molar-refractivity contribution is 5.27. The Hall–Kier alpha value is -1.06. The monoisotopic (exact) mass is 262 g/mol. The molecule has 2 N–H and O–H groups in total. The van der Waals surface area contributed by atoms with Crippen molar-refractivity contribution in [1.29, 1.82) is 0 Å². The smallest absolute Gasteiger partial charge is 0.118 e. The van der Waals surface area contributed by atoms with E-state index < -0.39 is 0 Å². The van der Waals surface area contributed by atoms with Crippen molar-refractivity contribution in [3.05, 3.63) is 29.8 Å². The minimum absolute atomic E-state index is 0.516. The average molecular weight is 262 g/mol. The summed E-state index contributed by atoms with van der Waals surface area (Å²) in [4.78, 5) is 2.46. The van der Waals surface area contributed by atoms with E-state index in [2.05, 4.69) is 31.0 Å². The van der Waals surface area contributed by atoms with Crippen molar-refractivity contribution in [1.82, 2.24) is 4.90 Å². The van der Waals surface area contributed by atoms with E-state index in [9.17, 15) is 0 Å². The molecule has 3 heteroatoms. The van der Waals surface area contributed by atoms with Crippen molar-refractivity contribution < 1.29 is 4.74 Å². The second-order valence-corrected chi connectivity index (χ2v) is 5.71. The van der Waals surface area contributed by atoms with Crippen molar-refractivity contribution >= 4 is 0 Å². The molecule has 1 aliphatic rings. The van der Waals surface area contributed by atoms with Gasteiger partial charge in [-0.15, -0.1) is 0 Å². The van der Waals surface area contributed by atoms with E-state index in [1.165, 1.54) is 18.4 Å². The number of likely N-dealkylation sites (N-methyl/N-ethyl adjacent to an activating group) is 1. The third-order valence-electron chi connectivity index (χ3n) is 4.32. The lowest BCUT2D eigenvalue weighted by Gasteiger charge is -2.32. The van der Waals surface area contributed by atoms with Gasteiger partial charge in [0.15, 0.2) is 0 Å². The van der Waals surface area contributed by atoms with Crippen LogP contribution in [-0.2, 0) is 6.42 Å². The maximum absolute atomic E-state index is 5.93. The van der Waals surface area contributed by atoms with Gasteiger partial charge in [-0.2, -0.15) is 0 Å². The third kappa shape index (κ3) is 3.71. The number of benzene rings is 1. The molecule has 0 bridgehead atoms. The van der Waals surface area contributed by atoms with Gasteiger partial charge < -0.3 is 10.5 Å². The molecule has 0 saturated heterocycles. The number of methoxy groups -OCH3 is 1. The number of hydrogen-bond acceptors (Lipinski definition) is 3. The Morgan fingerprint density at radius 2 is 1.95 bits per heavy atom. The van der Waals surface area contributed by atoms with Crippen molar-refractivity contribution in [2.45, 2.75) is 38.3 Å². The minimum Gasteiger partial charge on any atom is -0.497 e. The fourth-order valence-electron chi connectivity index (χ4n) is 2.75. The van der Waals surface area contributed by atoms with Gasteiger partial charge in [0.05, 0.1) is 7.11 Å². The van der Waals surface area contributed by atoms with E-state index in [0.717, 1.165) is 24.6 Å². The number of nitrogens with zero attached hydrogens (tertiary/aromatic N) is 1. The normalized spacial score (nSPS) is 18.4. The second kappa shape index (κ2) is 6.40. The molecule has 1 fully saturated rings. The van der Waals surface area contributed by atoms with Gasteiger partial charge in [0.25, 0.3) is 0 Å². The van der Waals surface area contributed by atoms with Gasteiger partial charge in [-0.1, -0.05) is 12.1 Å². The predicted octanol–water partition coefficient (Wildman–Crippen LogP) is 2.30. The summed E-state index contributed by atoms with van der Waals surface area (Å²) >= 11 is 0. The standard InChI is InChI=1S/C16H26N2O/c1-12(18(2)16(11-17)14-6-7-14)10-13-4-8-15(19-3)9-5-13/h4-5,8-9,12,14,16H,6-7,10-11,17H2,1-3H3. The van der Waals surface area contributed by atoms with Gasteiger partial charge in [-0.05, 0) is 56.8 Å². The average Bonchev–Trinajstić information content (AvgIpc) is 3.25. The molecule has 19 heavy (non-hydrogen) atoms. The van der Waals surface area contributed by atoms with Gasteiger partial charge in [-0.25, -0.2) is 0 Å². The zero-order valence-corrected chi connectivity index (χ0v) is 12.3. The number of rotatable bonds is 7. The molecular weight excluding hydrogens is 236 g/mol. The highest BCUT2D eigenvalue weighted by Crippen LogP contribution is 2.35. The maximum Gasteiger partial charge on any atom is 0.118 e. The van der Waals surface area contributed by atoms with Crippen LogP contribution in [0.25, 0.3) is 0 Å². The summed E-state index contributed by atoms with van der Waals surface area (Å²) in [5, 5.41) is 0. The topological polar surface area (TPSA) is 38.5 Å². The molecule has 0 spiro atoms. The zero-order chi connectivity index (χ0) is 13.8. The SMILES string of the molecule is COc1ccc(CC(C)N(C)C(CN)C2CC2)cc1. The molecule has 106 valence electrons. The number of hydrogen-bond donors (Lipinski definition) is 1. The Morgan fingerprint density at radius 1 is 1.32 bits per heavy atom. The van der Waals surface area contributed by atoms with E-state index in [4.69, 9.17) is 10.5 Å². The molecule has 2 atom stereocenters. The summed E-state index contributed by atoms with van der Waals surface area (Å²) in [5.74, 6) is 1.75. The molecule has 1 aromatic rings. The summed E-state index contributed by atoms with van der Waals surface area (Å²) < 4.78 is 5.19. The molecule has 3 nitrogen and oxygen atoms in total. The molecule has 2 unspecified atom stereocenters. The van der Waals surface area contributed by atoms with Crippen LogP contribution in [0.2, 0.25) is 0 Å². The highest BCUT2D eigenvalue weighted by atomic mass is 16.5. The number of nitrogens with two attached hydrogens (primary N) is 1. The van der Waals surface area contributed by atoms with E-state index in [1.54, 1.807) is 7.11 Å². The maximum atomic E-state index is 5.93. The molecule has 1 saturated carbocycles. The van der Waals surface area contributed by atoms with Crippen LogP contribution in [-0.4, -0.2) is 37.7 Å². The van der Waals surface area contributed by atoms with Gasteiger partial charge in [0.1, 0.15) is 5.75 Å². The molecule has 0 aromatic heterocycles. The molecule has 1 aliphatic carbocycles. The molecule has 2 rings (SSSR count). The van der Waals surface area contributed by atoms with Gasteiger partial charge in [0, 0.05) is 18.6 Å². The Bertz CT molecular complexity index is 386. The molecular formula is C16H26N2O. The fraction of sp³-hybridized carbons (Fsp3) is 0.625. The first kappa shape index (κ1) is 14.4. The lowest BCUT2D eigenvalue weighted by Crippen LogP contribution is -2.45. The van der Waals surface area contributed by atoms with Gasteiger partial charge >= 0.3 is 0 Å². The molecule has 0 heterocycles. The van der Waals surface area contributed by atoms with E-state index >= 15 is 0 Å². The quantitative estimate of drug-likeness (QED) is 0.819. The van der Waals surface area contributed by atoms with Gasteiger partial charge in [0.2, 0.25) is 0 Å². The minimum atomic E-state index is 0.516. The van der Waals surface area contributed by atoms with Crippen LogP contribution in [0.5, 0.6) is 5.75 Å². The first-order chi connectivity index (χ1) is 9.15. The molecule has 0 aliphatic heterocycles. The summed E-state index contributed by atoms with van der Waals surface area (Å²) in [6.45, 7) is 3.06. The number of ether oxygens (including phenoxy) is 1. The first-order valence-corrected chi connectivity index (χ1v) is 7.20. The van der Waals surface area contributed by atoms with Crippen LogP contribution in [0.3, 0.4) is 0 Å².